The Labute approximate surface area is 194 Å². The van der Waals surface area contributed by atoms with Crippen LogP contribution in [0.3, 0.4) is 0 Å². The average molecular weight is 496 g/mol. The first-order valence-electron chi connectivity index (χ1n) is 9.35. The smallest absolute Gasteiger partial charge is 0.234 e. The van der Waals surface area contributed by atoms with E-state index in [1.807, 2.05) is 30.5 Å². The van der Waals surface area contributed by atoms with Gasteiger partial charge in [-0.1, -0.05) is 17.8 Å². The molecule has 0 aliphatic rings. The zero-order valence-corrected chi connectivity index (χ0v) is 20.1. The minimum Gasteiger partial charge on any atom is -0.325 e. The predicted octanol–water partition coefficient (Wildman–Crippen LogP) is 3.37. The number of carbonyl (C=O) groups is 1. The summed E-state index contributed by atoms with van der Waals surface area (Å²) in [6, 6.07) is 12.7. The van der Waals surface area contributed by atoms with Crippen molar-refractivity contribution < 1.29 is 17.6 Å². The van der Waals surface area contributed by atoms with E-state index in [1.54, 1.807) is 23.4 Å². The van der Waals surface area contributed by atoms with Crippen molar-refractivity contribution in [2.75, 3.05) is 27.9 Å². The van der Waals surface area contributed by atoms with Crippen LogP contribution >= 0.6 is 23.5 Å². The number of carbonyl (C=O) groups excluding carboxylic acids is 1. The number of halogens is 1. The highest BCUT2D eigenvalue weighted by molar-refractivity contribution is 7.99. The number of hydrogen-bond donors (Lipinski definition) is 1. The number of anilines is 2. The number of aromatic nitrogens is 3. The van der Waals surface area contributed by atoms with Crippen molar-refractivity contribution in [3.63, 3.8) is 0 Å². The number of sulfonamides is 1. The lowest BCUT2D eigenvalue weighted by atomic mass is 10.3. The molecule has 8 nitrogen and oxygen atoms in total. The third kappa shape index (κ3) is 6.24. The molecule has 32 heavy (non-hydrogen) atoms. The van der Waals surface area contributed by atoms with E-state index in [0.29, 0.717) is 22.4 Å². The lowest BCUT2D eigenvalue weighted by Crippen LogP contribution is -2.30. The van der Waals surface area contributed by atoms with E-state index in [9.17, 15) is 17.6 Å². The van der Waals surface area contributed by atoms with Crippen LogP contribution in [-0.2, 0) is 28.4 Å². The Bertz CT molecular complexity index is 1200. The molecule has 1 N–H and O–H groups in total. The zero-order chi connectivity index (χ0) is 23.3. The van der Waals surface area contributed by atoms with E-state index in [0.717, 1.165) is 15.5 Å². The zero-order valence-electron chi connectivity index (χ0n) is 17.6. The molecule has 0 aliphatic carbocycles. The van der Waals surface area contributed by atoms with Gasteiger partial charge in [-0.2, -0.15) is 0 Å². The normalized spacial score (nSPS) is 11.4. The fourth-order valence-corrected chi connectivity index (χ4v) is 4.82. The first-order valence-corrected chi connectivity index (χ1v) is 13.4. The van der Waals surface area contributed by atoms with E-state index >= 15 is 0 Å². The van der Waals surface area contributed by atoms with Crippen LogP contribution in [0.25, 0.3) is 0 Å². The van der Waals surface area contributed by atoms with E-state index in [2.05, 4.69) is 15.5 Å². The summed E-state index contributed by atoms with van der Waals surface area (Å²) >= 11 is 2.78. The van der Waals surface area contributed by atoms with Crippen LogP contribution in [-0.4, -0.2) is 47.4 Å². The maximum atomic E-state index is 13.2. The molecule has 170 valence electrons. The van der Waals surface area contributed by atoms with E-state index in [-0.39, 0.29) is 18.2 Å². The van der Waals surface area contributed by atoms with E-state index in [4.69, 9.17) is 0 Å². The summed E-state index contributed by atoms with van der Waals surface area (Å²) < 4.78 is 40.6. The van der Waals surface area contributed by atoms with E-state index < -0.39 is 15.8 Å². The highest BCUT2D eigenvalue weighted by Crippen LogP contribution is 2.23. The largest absolute Gasteiger partial charge is 0.325 e. The molecule has 3 rings (SSSR count). The molecule has 0 aliphatic heterocycles. The molecular weight excluding hydrogens is 473 g/mol. The van der Waals surface area contributed by atoms with Crippen molar-refractivity contribution in [1.82, 2.24) is 14.8 Å². The second-order valence-electron chi connectivity index (χ2n) is 6.77. The Hall–Kier alpha value is -2.57. The number of amides is 1. The van der Waals surface area contributed by atoms with Crippen molar-refractivity contribution in [2.45, 2.75) is 16.6 Å². The van der Waals surface area contributed by atoms with Crippen LogP contribution in [0, 0.1) is 5.82 Å². The molecule has 1 amide bonds. The number of nitrogens with zero attached hydrogens (tertiary/aromatic N) is 4. The molecule has 12 heteroatoms. The Morgan fingerprint density at radius 1 is 1.19 bits per heavy atom. The van der Waals surface area contributed by atoms with Gasteiger partial charge in [0.05, 0.1) is 24.2 Å². The average Bonchev–Trinajstić information content (AvgIpc) is 3.10. The van der Waals surface area contributed by atoms with Gasteiger partial charge in [0.2, 0.25) is 15.9 Å². The first kappa shape index (κ1) is 24.1. The number of hydrogen-bond acceptors (Lipinski definition) is 7. The minimum absolute atomic E-state index is 0.0812. The first-order chi connectivity index (χ1) is 15.2. The molecule has 0 fully saturated rings. The van der Waals surface area contributed by atoms with Crippen molar-refractivity contribution in [2.24, 2.45) is 7.05 Å². The summed E-state index contributed by atoms with van der Waals surface area (Å²) in [4.78, 5) is 13.4. The lowest BCUT2D eigenvalue weighted by Gasteiger charge is -2.21. The van der Waals surface area contributed by atoms with Crippen LogP contribution in [0.2, 0.25) is 0 Å². The lowest BCUT2D eigenvalue weighted by molar-refractivity contribution is -0.113. The molecule has 1 heterocycles. The van der Waals surface area contributed by atoms with Gasteiger partial charge >= 0.3 is 0 Å². The fraction of sp³-hybridized carbons (Fsp3) is 0.250. The SMILES string of the molecule is CSc1cccc(NC(=O)CSc2nnc(CN(c3ccc(F)cc3)S(C)(=O)=O)n2C)c1. The van der Waals surface area contributed by atoms with Gasteiger partial charge in [-0.15, -0.1) is 22.0 Å². The van der Waals surface area contributed by atoms with Crippen LogP contribution in [0.4, 0.5) is 15.8 Å². The molecule has 0 bridgehead atoms. The highest BCUT2D eigenvalue weighted by atomic mass is 32.2. The Kier molecular flexibility index (Phi) is 7.80. The number of thioether (sulfide) groups is 2. The van der Waals surface area contributed by atoms with E-state index in [1.165, 1.54) is 36.0 Å². The Morgan fingerprint density at radius 2 is 1.91 bits per heavy atom. The third-order valence-electron chi connectivity index (χ3n) is 4.41. The van der Waals surface area contributed by atoms with Crippen molar-refractivity contribution in [3.8, 4) is 0 Å². The summed E-state index contributed by atoms with van der Waals surface area (Å²) in [7, 11) is -1.95. The summed E-state index contributed by atoms with van der Waals surface area (Å²) in [5.74, 6) is -0.154. The molecule has 0 atom stereocenters. The Morgan fingerprint density at radius 3 is 2.56 bits per heavy atom. The van der Waals surface area contributed by atoms with Gasteiger partial charge in [-0.3, -0.25) is 9.10 Å². The predicted molar refractivity (Wildman–Crippen MR) is 126 cm³/mol. The second kappa shape index (κ2) is 10.4. The third-order valence-corrected chi connectivity index (χ3v) is 7.30. The molecule has 3 aromatic rings. The maximum Gasteiger partial charge on any atom is 0.234 e. The molecule has 0 unspecified atom stereocenters. The quantitative estimate of drug-likeness (QED) is 0.455. The van der Waals surface area contributed by atoms with Crippen molar-refractivity contribution in [1.29, 1.82) is 0 Å². The van der Waals surface area contributed by atoms with Gasteiger partial charge in [0, 0.05) is 17.6 Å². The van der Waals surface area contributed by atoms with Crippen molar-refractivity contribution in [3.05, 3.63) is 60.2 Å². The molecule has 0 saturated heterocycles. The Balaban J connectivity index is 1.67. The molecule has 0 radical (unpaired) electrons. The van der Waals surface area contributed by atoms with Gasteiger partial charge in [-0.05, 0) is 48.7 Å². The van der Waals surface area contributed by atoms with Crippen LogP contribution in [0.1, 0.15) is 5.82 Å². The molecule has 2 aromatic carbocycles. The number of rotatable bonds is 9. The number of benzene rings is 2. The summed E-state index contributed by atoms with van der Waals surface area (Å²) in [5, 5.41) is 11.5. The number of nitrogens with one attached hydrogen (secondary N) is 1. The monoisotopic (exact) mass is 495 g/mol. The standard InChI is InChI=1S/C20H22FN5O3S3/c1-25-18(12-26(32(3,28)29)16-9-7-14(21)8-10-16)23-24-20(25)31-13-19(27)22-15-5-4-6-17(11-15)30-2/h4-11H,12-13H2,1-3H3,(H,22,27). The van der Waals surface area contributed by atoms with Gasteiger partial charge in [-0.25, -0.2) is 12.8 Å². The van der Waals surface area contributed by atoms with Gasteiger partial charge in [0.15, 0.2) is 11.0 Å². The summed E-state index contributed by atoms with van der Waals surface area (Å²) in [5.41, 5.74) is 1.03. The second-order valence-corrected chi connectivity index (χ2v) is 10.5. The topological polar surface area (TPSA) is 97.2 Å². The maximum absolute atomic E-state index is 13.2. The minimum atomic E-state index is -3.65. The summed E-state index contributed by atoms with van der Waals surface area (Å²) in [6.45, 7) is -0.0812. The summed E-state index contributed by atoms with van der Waals surface area (Å²) in [6.07, 6.45) is 3.03. The molecule has 0 saturated carbocycles. The fourth-order valence-electron chi connectivity index (χ4n) is 2.77. The molecule has 1 aromatic heterocycles. The van der Waals surface area contributed by atoms with Gasteiger partial charge in [0.25, 0.3) is 0 Å². The van der Waals surface area contributed by atoms with Crippen LogP contribution in [0.5, 0.6) is 0 Å². The van der Waals surface area contributed by atoms with Crippen LogP contribution < -0.4 is 9.62 Å². The van der Waals surface area contributed by atoms with Gasteiger partial charge in [0.1, 0.15) is 5.82 Å². The van der Waals surface area contributed by atoms with Crippen molar-refractivity contribution >= 4 is 50.8 Å². The van der Waals surface area contributed by atoms with Gasteiger partial charge < -0.3 is 9.88 Å². The molecule has 0 spiro atoms. The highest BCUT2D eigenvalue weighted by Gasteiger charge is 2.22. The van der Waals surface area contributed by atoms with Crippen LogP contribution in [0.15, 0.2) is 58.6 Å². The molecular formula is C20H22FN5O3S3.